The molecule has 1 rings (SSSR count). The van der Waals surface area contributed by atoms with Crippen molar-refractivity contribution in [1.82, 2.24) is 10.5 Å². The van der Waals surface area contributed by atoms with Gasteiger partial charge in [-0.3, -0.25) is 4.79 Å². The molecule has 6 nitrogen and oxygen atoms in total. The van der Waals surface area contributed by atoms with Gasteiger partial charge in [-0.25, -0.2) is 0 Å². The van der Waals surface area contributed by atoms with Crippen molar-refractivity contribution in [2.24, 2.45) is 0 Å². The second-order valence-corrected chi connectivity index (χ2v) is 4.25. The van der Waals surface area contributed by atoms with E-state index in [1.165, 1.54) is 6.92 Å². The number of aliphatic hydroxyl groups is 2. The van der Waals surface area contributed by atoms with Crippen molar-refractivity contribution in [2.75, 3.05) is 13.2 Å². The highest BCUT2D eigenvalue weighted by Gasteiger charge is 2.23. The Morgan fingerprint density at radius 2 is 2.24 bits per heavy atom. The molecular formula is C11H18N2O4. The van der Waals surface area contributed by atoms with Gasteiger partial charge in [0.1, 0.15) is 16.9 Å². The van der Waals surface area contributed by atoms with Crippen molar-refractivity contribution < 1.29 is 19.5 Å². The van der Waals surface area contributed by atoms with Gasteiger partial charge in [0.15, 0.2) is 0 Å². The first-order chi connectivity index (χ1) is 7.91. The lowest BCUT2D eigenvalue weighted by molar-refractivity contribution is 0.00318. The highest BCUT2D eigenvalue weighted by atomic mass is 16.5. The van der Waals surface area contributed by atoms with Crippen LogP contribution in [0, 0.1) is 6.92 Å². The van der Waals surface area contributed by atoms with Gasteiger partial charge in [-0.1, -0.05) is 12.1 Å². The van der Waals surface area contributed by atoms with Gasteiger partial charge in [-0.05, 0) is 20.3 Å². The molecule has 17 heavy (non-hydrogen) atoms. The van der Waals surface area contributed by atoms with E-state index in [9.17, 15) is 9.90 Å². The van der Waals surface area contributed by atoms with E-state index in [4.69, 9.17) is 9.63 Å². The minimum atomic E-state index is -1.33. The molecule has 1 amide bonds. The molecule has 0 aliphatic carbocycles. The van der Waals surface area contributed by atoms with E-state index in [0.717, 1.165) is 0 Å². The molecule has 1 atom stereocenters. The third-order valence-electron chi connectivity index (χ3n) is 2.47. The number of carbonyl (C=O) groups excluding carboxylic acids is 1. The summed E-state index contributed by atoms with van der Waals surface area (Å²) in [6.45, 7) is 4.52. The van der Waals surface area contributed by atoms with Crippen LogP contribution in [0.5, 0.6) is 0 Å². The van der Waals surface area contributed by atoms with Gasteiger partial charge < -0.3 is 20.1 Å². The molecule has 1 unspecified atom stereocenters. The van der Waals surface area contributed by atoms with Crippen LogP contribution in [-0.2, 0) is 6.42 Å². The Bertz CT molecular complexity index is 398. The van der Waals surface area contributed by atoms with E-state index in [2.05, 4.69) is 10.5 Å². The average Bonchev–Trinajstić information content (AvgIpc) is 2.67. The molecule has 3 N–H and O–H groups in total. The molecule has 0 radical (unpaired) electrons. The minimum Gasteiger partial charge on any atom is -0.393 e. The number of aromatic nitrogens is 1. The number of aliphatic hydroxyl groups excluding tert-OH is 1. The van der Waals surface area contributed by atoms with Gasteiger partial charge in [0, 0.05) is 6.54 Å². The van der Waals surface area contributed by atoms with Crippen LogP contribution in [0.3, 0.4) is 0 Å². The molecule has 1 heterocycles. The smallest absolute Gasteiger partial charge is 0.256 e. The Balaban J connectivity index is 2.73. The zero-order valence-electron chi connectivity index (χ0n) is 10.3. The highest BCUT2D eigenvalue weighted by molar-refractivity contribution is 5.96. The Kier molecular flexibility index (Phi) is 4.25. The van der Waals surface area contributed by atoms with E-state index in [1.807, 2.05) is 6.92 Å². The summed E-state index contributed by atoms with van der Waals surface area (Å²) in [6, 6.07) is 0. The first kappa shape index (κ1) is 13.7. The van der Waals surface area contributed by atoms with Crippen molar-refractivity contribution in [2.45, 2.75) is 32.8 Å². The van der Waals surface area contributed by atoms with Crippen molar-refractivity contribution in [3.05, 3.63) is 17.0 Å². The molecule has 0 aliphatic heterocycles. The largest absolute Gasteiger partial charge is 0.393 e. The quantitative estimate of drug-likeness (QED) is 0.676. The predicted octanol–water partition coefficient (Wildman–Crippen LogP) is 0.0185. The summed E-state index contributed by atoms with van der Waals surface area (Å²) >= 11 is 0. The molecule has 0 fully saturated rings. The molecular weight excluding hydrogens is 224 g/mol. The number of aryl methyl sites for hydroxylation is 2. The molecule has 0 saturated carbocycles. The summed E-state index contributed by atoms with van der Waals surface area (Å²) in [6.07, 6.45) is 0.594. The number of amides is 1. The van der Waals surface area contributed by atoms with E-state index in [1.54, 1.807) is 6.92 Å². The minimum absolute atomic E-state index is 0.0316. The lowest BCUT2D eigenvalue weighted by atomic mass is 10.1. The maximum Gasteiger partial charge on any atom is 0.256 e. The van der Waals surface area contributed by atoms with Gasteiger partial charge in [0.25, 0.3) is 5.91 Å². The van der Waals surface area contributed by atoms with Gasteiger partial charge in [0.05, 0.1) is 12.3 Å². The van der Waals surface area contributed by atoms with Crippen molar-refractivity contribution >= 4 is 5.91 Å². The van der Waals surface area contributed by atoms with E-state index >= 15 is 0 Å². The summed E-state index contributed by atoms with van der Waals surface area (Å²) in [5.41, 5.74) is -0.336. The van der Waals surface area contributed by atoms with Crippen LogP contribution in [-0.4, -0.2) is 40.0 Å². The van der Waals surface area contributed by atoms with Crippen molar-refractivity contribution in [1.29, 1.82) is 0 Å². The fourth-order valence-corrected chi connectivity index (χ4v) is 1.37. The van der Waals surface area contributed by atoms with Crippen LogP contribution in [0.2, 0.25) is 0 Å². The molecule has 1 aromatic rings. The Morgan fingerprint density at radius 3 is 2.76 bits per heavy atom. The van der Waals surface area contributed by atoms with Gasteiger partial charge in [0.2, 0.25) is 0 Å². The van der Waals surface area contributed by atoms with Gasteiger partial charge >= 0.3 is 0 Å². The number of nitrogens with one attached hydrogen (secondary N) is 1. The third-order valence-corrected chi connectivity index (χ3v) is 2.47. The van der Waals surface area contributed by atoms with Crippen LogP contribution in [0.25, 0.3) is 0 Å². The molecule has 6 heteroatoms. The molecule has 0 saturated heterocycles. The summed E-state index contributed by atoms with van der Waals surface area (Å²) in [4.78, 5) is 11.9. The Labute approximate surface area is 99.6 Å². The third kappa shape index (κ3) is 3.28. The number of carbonyl (C=O) groups is 1. The van der Waals surface area contributed by atoms with Crippen LogP contribution < -0.4 is 5.32 Å². The number of rotatable bonds is 5. The molecule has 0 spiro atoms. The summed E-state index contributed by atoms with van der Waals surface area (Å²) < 4.78 is 4.94. The van der Waals surface area contributed by atoms with Gasteiger partial charge in [-0.2, -0.15) is 0 Å². The number of hydrogen-bond donors (Lipinski definition) is 3. The van der Waals surface area contributed by atoms with E-state index < -0.39 is 12.2 Å². The lowest BCUT2D eigenvalue weighted by Crippen LogP contribution is -2.43. The first-order valence-corrected chi connectivity index (χ1v) is 5.48. The van der Waals surface area contributed by atoms with Crippen molar-refractivity contribution in [3.63, 3.8) is 0 Å². The second kappa shape index (κ2) is 5.29. The Morgan fingerprint density at radius 1 is 1.59 bits per heavy atom. The van der Waals surface area contributed by atoms with Crippen LogP contribution in [0.4, 0.5) is 0 Å². The van der Waals surface area contributed by atoms with Crippen LogP contribution >= 0.6 is 0 Å². The highest BCUT2D eigenvalue weighted by Crippen LogP contribution is 2.13. The maximum atomic E-state index is 11.9. The normalized spacial score (nSPS) is 14.4. The first-order valence-electron chi connectivity index (χ1n) is 5.48. The maximum absolute atomic E-state index is 11.9. The molecule has 0 aliphatic rings. The van der Waals surface area contributed by atoms with E-state index in [-0.39, 0.29) is 12.5 Å². The SMILES string of the molecule is CCc1noc(C)c1C(=O)NCC(C)(O)CO. The second-order valence-electron chi connectivity index (χ2n) is 4.25. The molecule has 0 bridgehead atoms. The monoisotopic (exact) mass is 242 g/mol. The molecule has 0 aromatic carbocycles. The fourth-order valence-electron chi connectivity index (χ4n) is 1.37. The topological polar surface area (TPSA) is 95.6 Å². The van der Waals surface area contributed by atoms with Crippen LogP contribution in [0.1, 0.15) is 35.7 Å². The zero-order valence-corrected chi connectivity index (χ0v) is 10.3. The number of hydrogen-bond acceptors (Lipinski definition) is 5. The zero-order chi connectivity index (χ0) is 13.1. The standard InChI is InChI=1S/C11H18N2O4/c1-4-8-9(7(2)17-13-8)10(15)12-5-11(3,16)6-14/h14,16H,4-6H2,1-3H3,(H,12,15). The lowest BCUT2D eigenvalue weighted by Gasteiger charge is -2.20. The number of nitrogens with zero attached hydrogens (tertiary/aromatic N) is 1. The average molecular weight is 242 g/mol. The molecule has 96 valence electrons. The fraction of sp³-hybridized carbons (Fsp3) is 0.636. The van der Waals surface area contributed by atoms with Crippen LogP contribution in [0.15, 0.2) is 4.52 Å². The predicted molar refractivity (Wildman–Crippen MR) is 60.7 cm³/mol. The molecule has 1 aromatic heterocycles. The van der Waals surface area contributed by atoms with E-state index in [0.29, 0.717) is 23.4 Å². The summed E-state index contributed by atoms with van der Waals surface area (Å²) in [5, 5.41) is 24.7. The summed E-state index contributed by atoms with van der Waals surface area (Å²) in [5.74, 6) is 0.0947. The Hall–Kier alpha value is -1.40. The van der Waals surface area contributed by atoms with Gasteiger partial charge in [-0.15, -0.1) is 0 Å². The summed E-state index contributed by atoms with van der Waals surface area (Å²) in [7, 11) is 0. The van der Waals surface area contributed by atoms with Crippen molar-refractivity contribution in [3.8, 4) is 0 Å².